The van der Waals surface area contributed by atoms with Crippen molar-refractivity contribution in [3.8, 4) is 6.07 Å². The molecule has 0 atom stereocenters. The molecule has 2 aromatic rings. The molecule has 1 N–H and O–H groups in total. The molecule has 1 heterocycles. The van der Waals surface area contributed by atoms with Gasteiger partial charge in [-0.15, -0.1) is 0 Å². The topological polar surface area (TPSA) is 66.0 Å². The minimum atomic E-state index is -0.198. The second-order valence-corrected chi connectivity index (χ2v) is 4.36. The Kier molecular flexibility index (Phi) is 3.39. The molecule has 96 valence electrons. The fraction of sp³-hybridized carbons (Fsp3) is 0.200. The van der Waals surface area contributed by atoms with E-state index >= 15 is 0 Å². The molecule has 0 unspecified atom stereocenters. The van der Waals surface area contributed by atoms with Gasteiger partial charge in [-0.3, -0.25) is 4.79 Å². The number of nitriles is 1. The minimum Gasteiger partial charge on any atom is -0.466 e. The third-order valence-electron chi connectivity index (χ3n) is 3.06. The van der Waals surface area contributed by atoms with E-state index in [0.717, 1.165) is 11.3 Å². The number of carbonyl (C=O) groups excluding carboxylic acids is 1. The molecule has 0 spiro atoms. The molecule has 1 amide bonds. The lowest BCUT2D eigenvalue weighted by Gasteiger charge is -2.05. The van der Waals surface area contributed by atoms with Crippen LogP contribution in [0.3, 0.4) is 0 Å². The van der Waals surface area contributed by atoms with E-state index in [9.17, 15) is 4.79 Å². The van der Waals surface area contributed by atoms with Gasteiger partial charge in [0.2, 0.25) is 0 Å². The van der Waals surface area contributed by atoms with Crippen LogP contribution in [-0.2, 0) is 0 Å². The highest BCUT2D eigenvalue weighted by molar-refractivity contribution is 6.06. The average Bonchev–Trinajstić information content (AvgIpc) is 2.64. The molecule has 0 radical (unpaired) electrons. The van der Waals surface area contributed by atoms with Crippen molar-refractivity contribution in [1.29, 1.82) is 5.26 Å². The van der Waals surface area contributed by atoms with E-state index in [-0.39, 0.29) is 5.91 Å². The van der Waals surface area contributed by atoms with Crippen LogP contribution in [0.1, 0.15) is 33.0 Å². The monoisotopic (exact) mass is 254 g/mol. The number of nitrogens with one attached hydrogen (secondary N) is 1. The first-order valence-corrected chi connectivity index (χ1v) is 5.91. The summed E-state index contributed by atoms with van der Waals surface area (Å²) >= 11 is 0. The van der Waals surface area contributed by atoms with E-state index in [1.807, 2.05) is 19.9 Å². The maximum atomic E-state index is 12.2. The smallest absolute Gasteiger partial charge is 0.259 e. The van der Waals surface area contributed by atoms with E-state index in [1.165, 1.54) is 0 Å². The lowest BCUT2D eigenvalue weighted by molar-refractivity contribution is 0.102. The van der Waals surface area contributed by atoms with Crippen molar-refractivity contribution >= 4 is 11.6 Å². The number of hydrogen-bond acceptors (Lipinski definition) is 3. The molecular weight excluding hydrogens is 240 g/mol. The van der Waals surface area contributed by atoms with Gasteiger partial charge in [0.15, 0.2) is 0 Å². The van der Waals surface area contributed by atoms with Crippen molar-refractivity contribution in [3.63, 3.8) is 0 Å². The summed E-state index contributed by atoms with van der Waals surface area (Å²) in [7, 11) is 0. The number of benzene rings is 1. The highest BCUT2D eigenvalue weighted by Crippen LogP contribution is 2.22. The molecule has 0 aliphatic rings. The first-order valence-electron chi connectivity index (χ1n) is 5.91. The fourth-order valence-corrected chi connectivity index (χ4v) is 1.95. The Bertz CT molecular complexity index is 661. The molecule has 0 bridgehead atoms. The first kappa shape index (κ1) is 12.9. The second-order valence-electron chi connectivity index (χ2n) is 4.36. The summed E-state index contributed by atoms with van der Waals surface area (Å²) in [6.45, 7) is 5.47. The van der Waals surface area contributed by atoms with Crippen molar-refractivity contribution in [3.05, 3.63) is 52.5 Å². The van der Waals surface area contributed by atoms with Gasteiger partial charge in [0.25, 0.3) is 5.91 Å². The Morgan fingerprint density at radius 3 is 2.26 bits per heavy atom. The highest BCUT2D eigenvalue weighted by atomic mass is 16.3. The number of hydrogen-bond donors (Lipinski definition) is 1. The largest absolute Gasteiger partial charge is 0.466 e. The zero-order valence-corrected chi connectivity index (χ0v) is 11.1. The van der Waals surface area contributed by atoms with Crippen LogP contribution in [0.4, 0.5) is 5.69 Å². The van der Waals surface area contributed by atoms with Crippen LogP contribution in [0, 0.1) is 32.1 Å². The van der Waals surface area contributed by atoms with E-state index in [2.05, 4.69) is 5.32 Å². The number of aryl methyl sites for hydroxylation is 2. The Morgan fingerprint density at radius 1 is 1.16 bits per heavy atom. The predicted molar refractivity (Wildman–Crippen MR) is 72.0 cm³/mol. The molecule has 0 saturated heterocycles. The lowest BCUT2D eigenvalue weighted by Crippen LogP contribution is -2.13. The Labute approximate surface area is 111 Å². The quantitative estimate of drug-likeness (QED) is 0.893. The Balaban J connectivity index is 2.23. The lowest BCUT2D eigenvalue weighted by atomic mass is 10.1. The highest BCUT2D eigenvalue weighted by Gasteiger charge is 2.18. The van der Waals surface area contributed by atoms with Gasteiger partial charge in [-0.1, -0.05) is 0 Å². The maximum absolute atomic E-state index is 12.2. The van der Waals surface area contributed by atoms with Crippen molar-refractivity contribution in [2.45, 2.75) is 20.8 Å². The van der Waals surface area contributed by atoms with Crippen LogP contribution in [0.25, 0.3) is 0 Å². The van der Waals surface area contributed by atoms with Gasteiger partial charge in [-0.2, -0.15) is 5.26 Å². The van der Waals surface area contributed by atoms with Gasteiger partial charge in [0, 0.05) is 11.3 Å². The standard InChI is InChI=1S/C15H14N2O2/c1-9-10(2)19-11(3)14(9)15(18)17-13-6-4-12(8-16)5-7-13/h4-7H,1-3H3,(H,17,18). The van der Waals surface area contributed by atoms with Crippen LogP contribution in [-0.4, -0.2) is 5.91 Å². The first-order chi connectivity index (χ1) is 9.02. The molecule has 2 rings (SSSR count). The SMILES string of the molecule is Cc1oc(C)c(C(=O)Nc2ccc(C#N)cc2)c1C. The molecular formula is C15H14N2O2. The van der Waals surface area contributed by atoms with Crippen molar-refractivity contribution in [1.82, 2.24) is 0 Å². The van der Waals surface area contributed by atoms with Gasteiger partial charge in [0.1, 0.15) is 11.5 Å². The van der Waals surface area contributed by atoms with Crippen LogP contribution in [0.15, 0.2) is 28.7 Å². The molecule has 0 fully saturated rings. The summed E-state index contributed by atoms with van der Waals surface area (Å²) in [5.74, 6) is 1.17. The fourth-order valence-electron chi connectivity index (χ4n) is 1.95. The summed E-state index contributed by atoms with van der Waals surface area (Å²) in [6.07, 6.45) is 0. The summed E-state index contributed by atoms with van der Waals surface area (Å²) < 4.78 is 5.44. The van der Waals surface area contributed by atoms with Crippen molar-refractivity contribution in [2.75, 3.05) is 5.32 Å². The van der Waals surface area contributed by atoms with Gasteiger partial charge in [0.05, 0.1) is 17.2 Å². The van der Waals surface area contributed by atoms with E-state index in [1.54, 1.807) is 31.2 Å². The van der Waals surface area contributed by atoms with Gasteiger partial charge >= 0.3 is 0 Å². The summed E-state index contributed by atoms with van der Waals surface area (Å²) in [5, 5.41) is 11.5. The van der Waals surface area contributed by atoms with E-state index < -0.39 is 0 Å². The number of rotatable bonds is 2. The van der Waals surface area contributed by atoms with E-state index in [4.69, 9.17) is 9.68 Å². The van der Waals surface area contributed by atoms with Crippen LogP contribution in [0.2, 0.25) is 0 Å². The summed E-state index contributed by atoms with van der Waals surface area (Å²) in [4.78, 5) is 12.2. The molecule has 19 heavy (non-hydrogen) atoms. The summed E-state index contributed by atoms with van der Waals surface area (Å²) in [6, 6.07) is 8.76. The zero-order valence-electron chi connectivity index (χ0n) is 11.1. The predicted octanol–water partition coefficient (Wildman–Crippen LogP) is 3.33. The Morgan fingerprint density at radius 2 is 1.79 bits per heavy atom. The number of nitrogens with zero attached hydrogens (tertiary/aromatic N) is 1. The third kappa shape index (κ3) is 2.50. The molecule has 0 aliphatic carbocycles. The van der Waals surface area contributed by atoms with Crippen molar-refractivity contribution < 1.29 is 9.21 Å². The molecule has 1 aromatic carbocycles. The molecule has 4 nitrogen and oxygen atoms in total. The number of furan rings is 1. The summed E-state index contributed by atoms with van der Waals surface area (Å²) in [5.41, 5.74) is 2.64. The van der Waals surface area contributed by atoms with Gasteiger partial charge in [-0.25, -0.2) is 0 Å². The number of carbonyl (C=O) groups is 1. The van der Waals surface area contributed by atoms with Crippen LogP contribution in [0.5, 0.6) is 0 Å². The number of anilines is 1. The Hall–Kier alpha value is -2.54. The minimum absolute atomic E-state index is 0.198. The van der Waals surface area contributed by atoms with Crippen LogP contribution < -0.4 is 5.32 Å². The van der Waals surface area contributed by atoms with Gasteiger partial charge < -0.3 is 9.73 Å². The molecule has 1 aromatic heterocycles. The normalized spacial score (nSPS) is 10.0. The van der Waals surface area contributed by atoms with E-state index in [0.29, 0.717) is 22.6 Å². The van der Waals surface area contributed by atoms with Crippen LogP contribution >= 0.6 is 0 Å². The third-order valence-corrected chi connectivity index (χ3v) is 3.06. The molecule has 0 aliphatic heterocycles. The molecule has 4 heteroatoms. The van der Waals surface area contributed by atoms with Crippen molar-refractivity contribution in [2.24, 2.45) is 0 Å². The zero-order chi connectivity index (χ0) is 14.0. The second kappa shape index (κ2) is 4.99. The maximum Gasteiger partial charge on any atom is 0.259 e. The molecule has 0 saturated carbocycles. The number of amides is 1. The average molecular weight is 254 g/mol. The van der Waals surface area contributed by atoms with Gasteiger partial charge in [-0.05, 0) is 45.0 Å².